The minimum atomic E-state index is -0.666. The van der Waals surface area contributed by atoms with E-state index in [1.807, 2.05) is 42.5 Å². The van der Waals surface area contributed by atoms with Crippen LogP contribution in [-0.2, 0) is 12.8 Å². The van der Waals surface area contributed by atoms with E-state index >= 15 is 0 Å². The Labute approximate surface area is 202 Å². The molecule has 0 saturated carbocycles. The highest BCUT2D eigenvalue weighted by molar-refractivity contribution is 5.64. The van der Waals surface area contributed by atoms with Gasteiger partial charge in [-0.05, 0) is 79.2 Å². The van der Waals surface area contributed by atoms with Crippen LogP contribution in [0.4, 0.5) is 13.2 Å². The van der Waals surface area contributed by atoms with Crippen LogP contribution in [0.1, 0.15) is 69.9 Å². The first-order valence-electron chi connectivity index (χ1n) is 12.8. The summed E-state index contributed by atoms with van der Waals surface area (Å²) in [5.41, 5.74) is 4.99. The second-order valence-corrected chi connectivity index (χ2v) is 9.77. The van der Waals surface area contributed by atoms with Crippen molar-refractivity contribution in [1.82, 2.24) is 0 Å². The number of rotatable bonds is 8. The van der Waals surface area contributed by atoms with Crippen LogP contribution in [-0.4, -0.2) is 0 Å². The van der Waals surface area contributed by atoms with Crippen molar-refractivity contribution < 1.29 is 13.2 Å². The van der Waals surface area contributed by atoms with E-state index in [0.717, 1.165) is 60.8 Å². The van der Waals surface area contributed by atoms with Gasteiger partial charge in [-0.15, -0.1) is 0 Å². The van der Waals surface area contributed by atoms with Gasteiger partial charge in [0.05, 0.1) is 0 Å². The Morgan fingerprint density at radius 3 is 2.24 bits per heavy atom. The van der Waals surface area contributed by atoms with Gasteiger partial charge in [0, 0.05) is 11.5 Å². The van der Waals surface area contributed by atoms with Crippen LogP contribution in [0.15, 0.2) is 77.4 Å². The van der Waals surface area contributed by atoms with Gasteiger partial charge in [-0.25, -0.2) is 13.2 Å². The van der Waals surface area contributed by atoms with Crippen LogP contribution in [0.25, 0.3) is 11.1 Å². The van der Waals surface area contributed by atoms with Gasteiger partial charge in [0.2, 0.25) is 0 Å². The molecular formula is C31H35F3. The average Bonchev–Trinajstić information content (AvgIpc) is 2.86. The molecule has 0 amide bonds. The van der Waals surface area contributed by atoms with Crippen molar-refractivity contribution in [2.75, 3.05) is 0 Å². The number of allylic oxidation sites excluding steroid dienone is 6. The molecule has 2 aliphatic rings. The van der Waals surface area contributed by atoms with Crippen LogP contribution in [0, 0.1) is 17.7 Å². The summed E-state index contributed by atoms with van der Waals surface area (Å²) >= 11 is 0. The largest absolute Gasteiger partial charge is 0.208 e. The molecule has 0 bridgehead atoms. The summed E-state index contributed by atoms with van der Waals surface area (Å²) in [5.74, 6) is -1.20. The molecule has 2 aromatic carbocycles. The van der Waals surface area contributed by atoms with Gasteiger partial charge in [0.1, 0.15) is 11.6 Å². The van der Waals surface area contributed by atoms with Crippen molar-refractivity contribution in [3.8, 4) is 11.1 Å². The van der Waals surface area contributed by atoms with Crippen LogP contribution in [0.2, 0.25) is 0 Å². The number of hydrogen-bond donors (Lipinski definition) is 0. The number of benzene rings is 2. The zero-order valence-electron chi connectivity index (χ0n) is 20.3. The van der Waals surface area contributed by atoms with Crippen LogP contribution >= 0.6 is 0 Å². The molecule has 0 aromatic heterocycles. The topological polar surface area (TPSA) is 0 Å². The van der Waals surface area contributed by atoms with Crippen LogP contribution < -0.4 is 0 Å². The van der Waals surface area contributed by atoms with Crippen molar-refractivity contribution in [3.05, 3.63) is 94.4 Å². The highest BCUT2D eigenvalue weighted by Crippen LogP contribution is 2.41. The molecule has 0 heterocycles. The second-order valence-electron chi connectivity index (χ2n) is 9.77. The van der Waals surface area contributed by atoms with Crippen LogP contribution in [0.5, 0.6) is 0 Å². The summed E-state index contributed by atoms with van der Waals surface area (Å²) < 4.78 is 44.3. The molecule has 2 aromatic rings. The van der Waals surface area contributed by atoms with E-state index in [0.29, 0.717) is 36.3 Å². The molecule has 3 heteroatoms. The molecule has 34 heavy (non-hydrogen) atoms. The summed E-state index contributed by atoms with van der Waals surface area (Å²) in [6.07, 6.45) is 11.6. The first-order chi connectivity index (χ1) is 16.5. The third-order valence-corrected chi connectivity index (χ3v) is 7.50. The third kappa shape index (κ3) is 5.56. The van der Waals surface area contributed by atoms with Gasteiger partial charge < -0.3 is 0 Å². The zero-order chi connectivity index (χ0) is 24.1. The molecule has 2 atom stereocenters. The van der Waals surface area contributed by atoms with E-state index in [-0.39, 0.29) is 5.82 Å². The fraction of sp³-hybridized carbons (Fsp3) is 0.419. The van der Waals surface area contributed by atoms with E-state index in [4.69, 9.17) is 0 Å². The van der Waals surface area contributed by atoms with Crippen molar-refractivity contribution >= 4 is 0 Å². The Kier molecular flexibility index (Phi) is 8.13. The van der Waals surface area contributed by atoms with Gasteiger partial charge in [-0.1, -0.05) is 80.8 Å². The van der Waals surface area contributed by atoms with E-state index < -0.39 is 17.6 Å². The summed E-state index contributed by atoms with van der Waals surface area (Å²) in [5, 5.41) is 0. The highest BCUT2D eigenvalue weighted by atomic mass is 19.2. The lowest BCUT2D eigenvalue weighted by molar-refractivity contribution is 0.403. The maximum atomic E-state index is 14.9. The molecule has 0 radical (unpaired) electrons. The van der Waals surface area contributed by atoms with Gasteiger partial charge in [-0.3, -0.25) is 0 Å². The molecule has 2 aliphatic carbocycles. The monoisotopic (exact) mass is 464 g/mol. The maximum absolute atomic E-state index is 14.9. The Balaban J connectivity index is 1.38. The zero-order valence-corrected chi connectivity index (χ0v) is 20.3. The normalized spacial score (nSPS) is 20.9. The average molecular weight is 465 g/mol. The standard InChI is InChI=1S/C31H35F3/c1-3-5-23-11-18-27(29(32)20-23)24-14-8-22(9-15-24)10-16-26-17-19-28(31(34)30(26)33)25-12-6-21(4-2)7-13-25/h8-9,11-12,14-15,17-18,20-21,28H,3-7,10,13,16,19H2,1-2H3. The minimum Gasteiger partial charge on any atom is -0.208 e. The molecule has 0 aliphatic heterocycles. The van der Waals surface area contributed by atoms with Crippen LogP contribution in [0.3, 0.4) is 0 Å². The summed E-state index contributed by atoms with van der Waals surface area (Å²) in [4.78, 5) is 0. The summed E-state index contributed by atoms with van der Waals surface area (Å²) in [6, 6.07) is 13.2. The fourth-order valence-corrected chi connectivity index (χ4v) is 5.25. The fourth-order valence-electron chi connectivity index (χ4n) is 5.25. The van der Waals surface area contributed by atoms with Gasteiger partial charge in [0.25, 0.3) is 0 Å². The predicted octanol–water partition coefficient (Wildman–Crippen LogP) is 9.61. The molecule has 4 rings (SSSR count). The predicted molar refractivity (Wildman–Crippen MR) is 135 cm³/mol. The molecular weight excluding hydrogens is 429 g/mol. The Bertz CT molecular complexity index is 1090. The van der Waals surface area contributed by atoms with E-state index in [9.17, 15) is 13.2 Å². The molecule has 0 spiro atoms. The summed E-state index contributed by atoms with van der Waals surface area (Å²) in [7, 11) is 0. The van der Waals surface area contributed by atoms with Gasteiger partial charge in [-0.2, -0.15) is 0 Å². The lowest BCUT2D eigenvalue weighted by atomic mass is 9.79. The van der Waals surface area contributed by atoms with E-state index in [1.54, 1.807) is 6.07 Å². The highest BCUT2D eigenvalue weighted by Gasteiger charge is 2.29. The molecule has 0 fully saturated rings. The first-order valence-corrected chi connectivity index (χ1v) is 12.8. The SMILES string of the molecule is CCCc1ccc(-c2ccc(CCC3=CCC(C4=CCC(CC)CC4)C(F)=C3F)cc2)c(F)c1. The van der Waals surface area contributed by atoms with Crippen molar-refractivity contribution in [2.24, 2.45) is 11.8 Å². The number of halogens is 3. The Hall–Kier alpha value is -2.55. The van der Waals surface area contributed by atoms with Crippen molar-refractivity contribution in [2.45, 2.75) is 71.6 Å². The smallest absolute Gasteiger partial charge is 0.158 e. The Morgan fingerprint density at radius 1 is 0.824 bits per heavy atom. The van der Waals surface area contributed by atoms with Crippen molar-refractivity contribution in [1.29, 1.82) is 0 Å². The lowest BCUT2D eigenvalue weighted by Crippen LogP contribution is -2.15. The summed E-state index contributed by atoms with van der Waals surface area (Å²) in [6.45, 7) is 4.27. The lowest BCUT2D eigenvalue weighted by Gasteiger charge is -2.28. The van der Waals surface area contributed by atoms with Crippen molar-refractivity contribution in [3.63, 3.8) is 0 Å². The molecule has 180 valence electrons. The number of aryl methyl sites for hydroxylation is 2. The minimum absolute atomic E-state index is 0.207. The molecule has 0 saturated heterocycles. The van der Waals surface area contributed by atoms with E-state index in [1.165, 1.54) is 0 Å². The van der Waals surface area contributed by atoms with E-state index in [2.05, 4.69) is 19.9 Å². The van der Waals surface area contributed by atoms with Gasteiger partial charge in [0.15, 0.2) is 5.83 Å². The molecule has 0 N–H and O–H groups in total. The molecule has 0 nitrogen and oxygen atoms in total. The molecule has 2 unspecified atom stereocenters. The maximum Gasteiger partial charge on any atom is 0.158 e. The second kappa shape index (κ2) is 11.3. The van der Waals surface area contributed by atoms with Gasteiger partial charge >= 0.3 is 0 Å². The quantitative estimate of drug-likeness (QED) is 0.341. The Morgan fingerprint density at radius 2 is 1.59 bits per heavy atom. The number of hydrogen-bond acceptors (Lipinski definition) is 0. The third-order valence-electron chi connectivity index (χ3n) is 7.50. The first kappa shape index (κ1) is 24.6.